The molecule has 2 aliphatic rings. The molecule has 0 saturated carbocycles. The first kappa shape index (κ1) is 22.3. The lowest BCUT2D eigenvalue weighted by Gasteiger charge is -2.36. The van der Waals surface area contributed by atoms with Crippen LogP contribution in [-0.2, 0) is 14.3 Å². The maximum absolute atomic E-state index is 13.3. The summed E-state index contributed by atoms with van der Waals surface area (Å²) < 4.78 is 10.8. The van der Waals surface area contributed by atoms with Crippen LogP contribution in [0.3, 0.4) is 0 Å². The molecule has 7 nitrogen and oxygen atoms in total. The molecule has 1 aromatic carbocycles. The van der Waals surface area contributed by atoms with Crippen molar-refractivity contribution >= 4 is 17.4 Å². The average Bonchev–Trinajstić information content (AvgIpc) is 2.99. The lowest BCUT2D eigenvalue weighted by atomic mass is 10.0. The number of ether oxygens (including phenoxy) is 2. The van der Waals surface area contributed by atoms with E-state index in [9.17, 15) is 9.59 Å². The second kappa shape index (κ2) is 10.1. The Bertz CT molecular complexity index is 780. The molecule has 0 unspecified atom stereocenters. The molecule has 7 heteroatoms. The first-order valence-electron chi connectivity index (χ1n) is 10.8. The van der Waals surface area contributed by atoms with E-state index < -0.39 is 0 Å². The zero-order valence-corrected chi connectivity index (χ0v) is 18.5. The second-order valence-corrected chi connectivity index (χ2v) is 7.94. The predicted molar refractivity (Wildman–Crippen MR) is 116 cm³/mol. The van der Waals surface area contributed by atoms with Gasteiger partial charge in [-0.1, -0.05) is 19.1 Å². The SMILES string of the molecule is CCN1CCN(C2=C(c3ccc(OC(C)C)cc3)C(=O)N(CCCOC)C2=O)CC1. The topological polar surface area (TPSA) is 62.3 Å². The molecule has 0 N–H and O–H groups in total. The van der Waals surface area contributed by atoms with Crippen molar-refractivity contribution < 1.29 is 19.1 Å². The lowest BCUT2D eigenvalue weighted by molar-refractivity contribution is -0.137. The molecule has 0 bridgehead atoms. The van der Waals surface area contributed by atoms with Crippen molar-refractivity contribution in [3.05, 3.63) is 35.5 Å². The Hall–Kier alpha value is -2.38. The number of piperazine rings is 1. The highest BCUT2D eigenvalue weighted by Crippen LogP contribution is 2.33. The third-order valence-corrected chi connectivity index (χ3v) is 5.52. The van der Waals surface area contributed by atoms with Gasteiger partial charge >= 0.3 is 0 Å². The number of benzene rings is 1. The Morgan fingerprint density at radius 3 is 2.23 bits per heavy atom. The van der Waals surface area contributed by atoms with Crippen LogP contribution in [0, 0.1) is 0 Å². The van der Waals surface area contributed by atoms with Crippen LogP contribution in [0.15, 0.2) is 30.0 Å². The summed E-state index contributed by atoms with van der Waals surface area (Å²) in [7, 11) is 1.62. The van der Waals surface area contributed by atoms with E-state index in [2.05, 4.69) is 16.7 Å². The third kappa shape index (κ3) is 4.84. The van der Waals surface area contributed by atoms with Crippen LogP contribution in [0.1, 0.15) is 32.8 Å². The molecule has 1 saturated heterocycles. The van der Waals surface area contributed by atoms with Gasteiger partial charge in [-0.2, -0.15) is 0 Å². The van der Waals surface area contributed by atoms with E-state index in [0.717, 1.165) is 44.0 Å². The summed E-state index contributed by atoms with van der Waals surface area (Å²) in [4.78, 5) is 32.4. The van der Waals surface area contributed by atoms with Crippen LogP contribution >= 0.6 is 0 Å². The molecular formula is C23H33N3O4. The van der Waals surface area contributed by atoms with Crippen LogP contribution in [0.5, 0.6) is 5.75 Å². The van der Waals surface area contributed by atoms with Crippen molar-refractivity contribution in [2.24, 2.45) is 0 Å². The van der Waals surface area contributed by atoms with E-state index >= 15 is 0 Å². The fourth-order valence-electron chi connectivity index (χ4n) is 3.95. The van der Waals surface area contributed by atoms with Crippen LogP contribution in [0.4, 0.5) is 0 Å². The van der Waals surface area contributed by atoms with E-state index in [0.29, 0.717) is 30.8 Å². The van der Waals surface area contributed by atoms with Crippen LogP contribution in [0.2, 0.25) is 0 Å². The summed E-state index contributed by atoms with van der Waals surface area (Å²) in [5.41, 5.74) is 1.79. The standard InChI is InChI=1S/C23H33N3O4/c1-5-24-12-14-25(15-13-24)21-20(18-7-9-19(10-8-18)30-17(2)3)22(27)26(23(21)28)11-6-16-29-4/h7-10,17H,5-6,11-16H2,1-4H3. The van der Waals surface area contributed by atoms with Crippen LogP contribution in [0.25, 0.3) is 5.57 Å². The third-order valence-electron chi connectivity index (χ3n) is 5.52. The minimum absolute atomic E-state index is 0.0754. The summed E-state index contributed by atoms with van der Waals surface area (Å²) in [6, 6.07) is 7.47. The molecule has 0 aliphatic carbocycles. The highest BCUT2D eigenvalue weighted by atomic mass is 16.5. The number of amides is 2. The number of carbonyl (C=O) groups excluding carboxylic acids is 2. The molecule has 2 heterocycles. The van der Waals surface area contributed by atoms with Crippen molar-refractivity contribution in [1.29, 1.82) is 0 Å². The van der Waals surface area contributed by atoms with Gasteiger partial charge < -0.3 is 19.3 Å². The van der Waals surface area contributed by atoms with Gasteiger partial charge in [-0.25, -0.2) is 0 Å². The van der Waals surface area contributed by atoms with Crippen molar-refractivity contribution in [3.63, 3.8) is 0 Å². The summed E-state index contributed by atoms with van der Waals surface area (Å²) in [6.45, 7) is 11.2. The van der Waals surface area contributed by atoms with Gasteiger partial charge in [0.15, 0.2) is 0 Å². The molecule has 164 valence electrons. The summed E-state index contributed by atoms with van der Waals surface area (Å²) >= 11 is 0. The number of hydrogen-bond donors (Lipinski definition) is 0. The number of imide groups is 1. The van der Waals surface area contributed by atoms with E-state index in [1.807, 2.05) is 38.1 Å². The van der Waals surface area contributed by atoms with Gasteiger partial charge in [0.25, 0.3) is 11.8 Å². The number of methoxy groups -OCH3 is 1. The molecule has 0 aromatic heterocycles. The molecule has 0 radical (unpaired) electrons. The van der Waals surface area contributed by atoms with Crippen LogP contribution in [-0.4, -0.2) is 85.6 Å². The smallest absolute Gasteiger partial charge is 0.277 e. The van der Waals surface area contributed by atoms with Gasteiger partial charge in [-0.05, 0) is 44.5 Å². The molecule has 1 aromatic rings. The fraction of sp³-hybridized carbons (Fsp3) is 0.565. The Morgan fingerprint density at radius 1 is 1.00 bits per heavy atom. The summed E-state index contributed by atoms with van der Waals surface area (Å²) in [5, 5.41) is 0. The monoisotopic (exact) mass is 415 g/mol. The number of rotatable bonds is 9. The van der Waals surface area contributed by atoms with Gasteiger partial charge in [-0.3, -0.25) is 14.5 Å². The van der Waals surface area contributed by atoms with Crippen molar-refractivity contribution in [1.82, 2.24) is 14.7 Å². The average molecular weight is 416 g/mol. The molecule has 1 fully saturated rings. The van der Waals surface area contributed by atoms with Gasteiger partial charge in [0.05, 0.1) is 11.7 Å². The lowest BCUT2D eigenvalue weighted by Crippen LogP contribution is -2.47. The molecule has 0 atom stereocenters. The maximum atomic E-state index is 13.3. The highest BCUT2D eigenvalue weighted by molar-refractivity contribution is 6.35. The minimum Gasteiger partial charge on any atom is -0.491 e. The second-order valence-electron chi connectivity index (χ2n) is 7.94. The van der Waals surface area contributed by atoms with Crippen LogP contribution < -0.4 is 4.74 Å². The number of nitrogens with zero attached hydrogens (tertiary/aromatic N) is 3. The van der Waals surface area contributed by atoms with Gasteiger partial charge in [0, 0.05) is 46.4 Å². The predicted octanol–water partition coefficient (Wildman–Crippen LogP) is 2.23. The summed E-state index contributed by atoms with van der Waals surface area (Å²) in [5.74, 6) is 0.335. The number of likely N-dealkylation sites (N-methyl/N-ethyl adjacent to an activating group) is 1. The van der Waals surface area contributed by atoms with Gasteiger partial charge in [0.2, 0.25) is 0 Å². The molecule has 2 aliphatic heterocycles. The van der Waals surface area contributed by atoms with Gasteiger partial charge in [-0.15, -0.1) is 0 Å². The molecule has 0 spiro atoms. The molecule has 2 amide bonds. The highest BCUT2D eigenvalue weighted by Gasteiger charge is 2.41. The van der Waals surface area contributed by atoms with E-state index in [1.165, 1.54) is 4.90 Å². The van der Waals surface area contributed by atoms with Crippen molar-refractivity contribution in [3.8, 4) is 5.75 Å². The Labute approximate surface area is 179 Å². The molecule has 30 heavy (non-hydrogen) atoms. The quantitative estimate of drug-likeness (QED) is 0.455. The first-order chi connectivity index (χ1) is 14.5. The van der Waals surface area contributed by atoms with E-state index in [-0.39, 0.29) is 17.9 Å². The molecular weight excluding hydrogens is 382 g/mol. The Morgan fingerprint density at radius 2 is 1.67 bits per heavy atom. The van der Waals surface area contributed by atoms with Crippen molar-refractivity contribution in [2.75, 3.05) is 53.0 Å². The number of carbonyl (C=O) groups is 2. The largest absolute Gasteiger partial charge is 0.491 e. The minimum atomic E-state index is -0.221. The zero-order chi connectivity index (χ0) is 21.7. The maximum Gasteiger partial charge on any atom is 0.277 e. The zero-order valence-electron chi connectivity index (χ0n) is 18.5. The summed E-state index contributed by atoms with van der Waals surface area (Å²) in [6.07, 6.45) is 0.700. The fourth-order valence-corrected chi connectivity index (χ4v) is 3.95. The van der Waals surface area contributed by atoms with E-state index in [4.69, 9.17) is 9.47 Å². The normalized spacial score (nSPS) is 18.2. The van der Waals surface area contributed by atoms with Gasteiger partial charge in [0.1, 0.15) is 11.4 Å². The first-order valence-corrected chi connectivity index (χ1v) is 10.8. The van der Waals surface area contributed by atoms with Crippen molar-refractivity contribution in [2.45, 2.75) is 33.3 Å². The Balaban J connectivity index is 1.91. The van der Waals surface area contributed by atoms with E-state index in [1.54, 1.807) is 7.11 Å². The number of hydrogen-bond acceptors (Lipinski definition) is 6. The Kier molecular flexibility index (Phi) is 7.50. The molecule has 3 rings (SSSR count).